The summed E-state index contributed by atoms with van der Waals surface area (Å²) >= 11 is 0. The lowest BCUT2D eigenvalue weighted by atomic mass is 9.89. The molecule has 1 aliphatic heterocycles. The monoisotopic (exact) mass is 335 g/mol. The van der Waals surface area contributed by atoms with E-state index in [0.717, 1.165) is 12.8 Å². The summed E-state index contributed by atoms with van der Waals surface area (Å²) in [6, 6.07) is 3.66. The highest BCUT2D eigenvalue weighted by atomic mass is 19.1. The molecule has 1 aromatic carbocycles. The molecule has 4 nitrogen and oxygen atoms in total. The Morgan fingerprint density at radius 3 is 2.38 bits per heavy atom. The number of aliphatic hydroxyl groups excluding tert-OH is 1. The summed E-state index contributed by atoms with van der Waals surface area (Å²) < 4.78 is 29.8. The first-order valence-corrected chi connectivity index (χ1v) is 8.32. The first-order valence-electron chi connectivity index (χ1n) is 8.32. The molecular weight excluding hydrogens is 312 g/mol. The SMILES string of the molecule is CC(c1c(F)cccc1F)N1CCC(C(O)c2nccn2C)CC1. The van der Waals surface area contributed by atoms with E-state index in [1.165, 1.54) is 18.2 Å². The fraction of sp³-hybridized carbons (Fsp3) is 0.500. The predicted molar refractivity (Wildman–Crippen MR) is 87.2 cm³/mol. The Kier molecular flexibility index (Phi) is 4.96. The predicted octanol–water partition coefficient (Wildman–Crippen LogP) is 3.20. The number of hydrogen-bond acceptors (Lipinski definition) is 3. The lowest BCUT2D eigenvalue weighted by Crippen LogP contribution is -2.38. The Morgan fingerprint density at radius 1 is 1.21 bits per heavy atom. The van der Waals surface area contributed by atoms with Crippen LogP contribution in [0.15, 0.2) is 30.6 Å². The van der Waals surface area contributed by atoms with E-state index in [0.29, 0.717) is 18.9 Å². The highest BCUT2D eigenvalue weighted by molar-refractivity contribution is 5.23. The van der Waals surface area contributed by atoms with Crippen LogP contribution in [0.5, 0.6) is 0 Å². The molecule has 0 aliphatic carbocycles. The molecule has 2 heterocycles. The quantitative estimate of drug-likeness (QED) is 0.933. The first kappa shape index (κ1) is 17.0. The van der Waals surface area contributed by atoms with E-state index in [1.54, 1.807) is 6.20 Å². The zero-order valence-corrected chi connectivity index (χ0v) is 14.0. The van der Waals surface area contributed by atoms with E-state index in [4.69, 9.17) is 0 Å². The van der Waals surface area contributed by atoms with Crippen molar-refractivity contribution in [2.45, 2.75) is 31.9 Å². The minimum atomic E-state index is -0.604. The Morgan fingerprint density at radius 2 is 1.83 bits per heavy atom. The maximum absolute atomic E-state index is 14.0. The van der Waals surface area contributed by atoms with Crippen molar-refractivity contribution in [3.63, 3.8) is 0 Å². The van der Waals surface area contributed by atoms with E-state index in [2.05, 4.69) is 9.88 Å². The largest absolute Gasteiger partial charge is 0.385 e. The van der Waals surface area contributed by atoms with Crippen molar-refractivity contribution < 1.29 is 13.9 Å². The molecule has 0 spiro atoms. The molecule has 6 heteroatoms. The number of benzene rings is 1. The second kappa shape index (κ2) is 6.99. The van der Waals surface area contributed by atoms with Crippen molar-refractivity contribution in [1.29, 1.82) is 0 Å². The van der Waals surface area contributed by atoms with Gasteiger partial charge < -0.3 is 9.67 Å². The second-order valence-electron chi connectivity index (χ2n) is 6.53. The zero-order chi connectivity index (χ0) is 17.3. The average Bonchev–Trinajstić information content (AvgIpc) is 3.00. The van der Waals surface area contributed by atoms with E-state index in [-0.39, 0.29) is 17.5 Å². The van der Waals surface area contributed by atoms with Crippen LogP contribution >= 0.6 is 0 Å². The van der Waals surface area contributed by atoms with Gasteiger partial charge in [0.05, 0.1) is 0 Å². The minimum absolute atomic E-state index is 0.111. The number of rotatable bonds is 4. The lowest BCUT2D eigenvalue weighted by Gasteiger charge is -2.37. The minimum Gasteiger partial charge on any atom is -0.385 e. The number of aromatic nitrogens is 2. The molecule has 2 atom stereocenters. The number of imidazole rings is 1. The Hall–Kier alpha value is -1.79. The molecule has 2 aromatic rings. The van der Waals surface area contributed by atoms with Crippen LogP contribution in [0.1, 0.15) is 43.3 Å². The van der Waals surface area contributed by atoms with Crippen molar-refractivity contribution >= 4 is 0 Å². The van der Waals surface area contributed by atoms with Gasteiger partial charge in [0.15, 0.2) is 0 Å². The third-order valence-electron chi connectivity index (χ3n) is 5.11. The molecule has 3 rings (SSSR count). The topological polar surface area (TPSA) is 41.3 Å². The van der Waals surface area contributed by atoms with Gasteiger partial charge in [-0.1, -0.05) is 6.07 Å². The van der Waals surface area contributed by atoms with Gasteiger partial charge in [-0.3, -0.25) is 4.90 Å². The van der Waals surface area contributed by atoms with Gasteiger partial charge in [0, 0.05) is 31.0 Å². The summed E-state index contributed by atoms with van der Waals surface area (Å²) in [5, 5.41) is 10.5. The molecule has 1 fully saturated rings. The van der Waals surface area contributed by atoms with Crippen LogP contribution in [0.25, 0.3) is 0 Å². The summed E-state index contributed by atoms with van der Waals surface area (Å²) in [7, 11) is 1.86. The number of nitrogens with zero attached hydrogens (tertiary/aromatic N) is 3. The average molecular weight is 335 g/mol. The van der Waals surface area contributed by atoms with Crippen molar-refractivity contribution in [2.24, 2.45) is 13.0 Å². The number of halogens is 2. The van der Waals surface area contributed by atoms with E-state index < -0.39 is 17.7 Å². The van der Waals surface area contributed by atoms with E-state index in [9.17, 15) is 13.9 Å². The Balaban J connectivity index is 1.66. The van der Waals surface area contributed by atoms with Gasteiger partial charge in [-0.05, 0) is 50.9 Å². The molecule has 1 aliphatic rings. The van der Waals surface area contributed by atoms with Crippen molar-refractivity contribution in [3.05, 3.63) is 53.6 Å². The normalized spacial score (nSPS) is 19.4. The summed E-state index contributed by atoms with van der Waals surface area (Å²) in [4.78, 5) is 6.29. The van der Waals surface area contributed by atoms with Crippen molar-refractivity contribution in [1.82, 2.24) is 14.5 Å². The van der Waals surface area contributed by atoms with Gasteiger partial charge in [0.2, 0.25) is 0 Å². The smallest absolute Gasteiger partial charge is 0.137 e. The van der Waals surface area contributed by atoms with Gasteiger partial charge in [0.25, 0.3) is 0 Å². The first-order chi connectivity index (χ1) is 11.5. The number of piperidine rings is 1. The molecule has 0 radical (unpaired) electrons. The van der Waals surface area contributed by atoms with Gasteiger partial charge >= 0.3 is 0 Å². The highest BCUT2D eigenvalue weighted by Crippen LogP contribution is 2.34. The number of aliphatic hydroxyl groups is 1. The van der Waals surface area contributed by atoms with Crippen molar-refractivity contribution in [3.8, 4) is 0 Å². The van der Waals surface area contributed by atoms with E-state index >= 15 is 0 Å². The zero-order valence-electron chi connectivity index (χ0n) is 14.0. The van der Waals surface area contributed by atoms with Crippen LogP contribution in [0, 0.1) is 17.6 Å². The molecule has 2 unspecified atom stereocenters. The highest BCUT2D eigenvalue weighted by Gasteiger charge is 2.31. The molecule has 1 saturated heterocycles. The van der Waals surface area contributed by atoms with Crippen LogP contribution in [0.2, 0.25) is 0 Å². The second-order valence-corrected chi connectivity index (χ2v) is 6.53. The van der Waals surface area contributed by atoms with Gasteiger partial charge in [-0.2, -0.15) is 0 Å². The summed E-state index contributed by atoms with van der Waals surface area (Å²) in [6.07, 6.45) is 4.43. The lowest BCUT2D eigenvalue weighted by molar-refractivity contribution is 0.0396. The number of aryl methyl sites for hydroxylation is 1. The molecule has 0 bridgehead atoms. The maximum atomic E-state index is 14.0. The standard InChI is InChI=1S/C18H23F2N3O/c1-12(16-14(19)4-3-5-15(16)20)23-9-6-13(7-10-23)17(24)18-21-8-11-22(18)2/h3-5,8,11-13,17,24H,6-7,9-10H2,1-2H3. The number of likely N-dealkylation sites (tertiary alicyclic amines) is 1. The maximum Gasteiger partial charge on any atom is 0.137 e. The fourth-order valence-electron chi connectivity index (χ4n) is 3.59. The molecule has 0 saturated carbocycles. The van der Waals surface area contributed by atoms with Crippen molar-refractivity contribution in [2.75, 3.05) is 13.1 Å². The molecule has 0 amide bonds. The molecular formula is C18H23F2N3O. The van der Waals surface area contributed by atoms with Gasteiger partial charge in [-0.25, -0.2) is 13.8 Å². The molecule has 1 N–H and O–H groups in total. The third kappa shape index (κ3) is 3.21. The fourth-order valence-corrected chi connectivity index (χ4v) is 3.59. The Labute approximate surface area is 140 Å². The third-order valence-corrected chi connectivity index (χ3v) is 5.11. The summed E-state index contributed by atoms with van der Waals surface area (Å²) in [5.41, 5.74) is 0.126. The van der Waals surface area contributed by atoms with Gasteiger partial charge in [-0.15, -0.1) is 0 Å². The van der Waals surface area contributed by atoms with Crippen LogP contribution in [-0.4, -0.2) is 32.6 Å². The summed E-state index contributed by atoms with van der Waals surface area (Å²) in [5.74, 6) is -0.225. The molecule has 24 heavy (non-hydrogen) atoms. The Bertz CT molecular complexity index is 675. The van der Waals surface area contributed by atoms with Crippen LogP contribution in [0.4, 0.5) is 8.78 Å². The van der Waals surface area contributed by atoms with Crippen LogP contribution < -0.4 is 0 Å². The van der Waals surface area contributed by atoms with Gasteiger partial charge in [0.1, 0.15) is 23.6 Å². The number of hydrogen-bond donors (Lipinski definition) is 1. The van der Waals surface area contributed by atoms with Crippen LogP contribution in [-0.2, 0) is 7.05 Å². The summed E-state index contributed by atoms with van der Waals surface area (Å²) in [6.45, 7) is 3.22. The molecule has 1 aromatic heterocycles. The van der Waals surface area contributed by atoms with Crippen LogP contribution in [0.3, 0.4) is 0 Å². The van der Waals surface area contributed by atoms with E-state index in [1.807, 2.05) is 24.7 Å². The molecule has 130 valence electrons.